The van der Waals surface area contributed by atoms with Crippen molar-refractivity contribution < 1.29 is 4.79 Å². The monoisotopic (exact) mass is 241 g/mol. The molecule has 0 aromatic carbocycles. The third-order valence-corrected chi connectivity index (χ3v) is 3.04. The van der Waals surface area contributed by atoms with E-state index in [0.29, 0.717) is 11.4 Å². The van der Waals surface area contributed by atoms with Crippen molar-refractivity contribution in [3.8, 4) is 0 Å². The van der Waals surface area contributed by atoms with Crippen molar-refractivity contribution >= 4 is 23.4 Å². The number of thioether (sulfide) groups is 1. The SMILES string of the molecule is CSCCC(C)NC(=O)c1cc(N)cn1C. The number of nitrogens with zero attached hydrogens (tertiary/aromatic N) is 1. The van der Waals surface area contributed by atoms with Crippen LogP contribution in [0, 0.1) is 0 Å². The fraction of sp³-hybridized carbons (Fsp3) is 0.545. The quantitative estimate of drug-likeness (QED) is 0.821. The van der Waals surface area contributed by atoms with Crippen LogP contribution in [0.4, 0.5) is 5.69 Å². The van der Waals surface area contributed by atoms with Gasteiger partial charge in [-0.3, -0.25) is 4.79 Å². The van der Waals surface area contributed by atoms with E-state index < -0.39 is 0 Å². The standard InChI is InChI=1S/C11H19N3OS/c1-8(4-5-16-3)13-11(15)10-6-9(12)7-14(10)2/h6-8H,4-5,12H2,1-3H3,(H,13,15). The summed E-state index contributed by atoms with van der Waals surface area (Å²) in [5.41, 5.74) is 6.84. The van der Waals surface area contributed by atoms with E-state index in [2.05, 4.69) is 11.6 Å². The van der Waals surface area contributed by atoms with Gasteiger partial charge < -0.3 is 15.6 Å². The number of anilines is 1. The number of aromatic nitrogens is 1. The highest BCUT2D eigenvalue weighted by atomic mass is 32.2. The Balaban J connectivity index is 2.55. The van der Waals surface area contributed by atoms with Crippen LogP contribution in [0.1, 0.15) is 23.8 Å². The maximum atomic E-state index is 11.9. The number of nitrogen functional groups attached to an aromatic ring is 1. The summed E-state index contributed by atoms with van der Waals surface area (Å²) in [6, 6.07) is 1.88. The third-order valence-electron chi connectivity index (χ3n) is 2.39. The summed E-state index contributed by atoms with van der Waals surface area (Å²) in [7, 11) is 1.82. The fourth-order valence-electron chi connectivity index (χ4n) is 1.48. The Morgan fingerprint density at radius 1 is 1.69 bits per heavy atom. The molecule has 0 radical (unpaired) electrons. The summed E-state index contributed by atoms with van der Waals surface area (Å²) in [4.78, 5) is 11.9. The molecule has 0 bridgehead atoms. The molecule has 5 heteroatoms. The molecule has 0 spiro atoms. The molecule has 1 rings (SSSR count). The van der Waals surface area contributed by atoms with Gasteiger partial charge in [0.05, 0.1) is 5.69 Å². The molecule has 16 heavy (non-hydrogen) atoms. The van der Waals surface area contributed by atoms with Gasteiger partial charge in [-0.05, 0) is 31.4 Å². The number of hydrogen-bond donors (Lipinski definition) is 2. The van der Waals surface area contributed by atoms with Crippen molar-refractivity contribution in [2.75, 3.05) is 17.7 Å². The Hall–Kier alpha value is -1.10. The second kappa shape index (κ2) is 5.84. The number of nitrogens with one attached hydrogen (secondary N) is 1. The maximum absolute atomic E-state index is 11.9. The van der Waals surface area contributed by atoms with Crippen molar-refractivity contribution in [2.45, 2.75) is 19.4 Å². The summed E-state index contributed by atoms with van der Waals surface area (Å²) in [5, 5.41) is 2.96. The maximum Gasteiger partial charge on any atom is 0.268 e. The van der Waals surface area contributed by atoms with Crippen LogP contribution in [0.2, 0.25) is 0 Å². The normalized spacial score (nSPS) is 12.4. The number of rotatable bonds is 5. The minimum Gasteiger partial charge on any atom is -0.397 e. The molecular formula is C11H19N3OS. The lowest BCUT2D eigenvalue weighted by molar-refractivity contribution is 0.0931. The van der Waals surface area contributed by atoms with Gasteiger partial charge in [0, 0.05) is 19.3 Å². The molecule has 1 aromatic heterocycles. The van der Waals surface area contributed by atoms with E-state index in [1.165, 1.54) is 0 Å². The van der Waals surface area contributed by atoms with Crippen LogP contribution < -0.4 is 11.1 Å². The molecule has 0 aliphatic rings. The molecule has 0 saturated heterocycles. The first kappa shape index (κ1) is 13.0. The van der Waals surface area contributed by atoms with Crippen molar-refractivity contribution in [1.29, 1.82) is 0 Å². The van der Waals surface area contributed by atoms with Crippen LogP contribution in [0.15, 0.2) is 12.3 Å². The van der Waals surface area contributed by atoms with E-state index in [9.17, 15) is 4.79 Å². The summed E-state index contributed by atoms with van der Waals surface area (Å²) in [6.07, 6.45) is 4.78. The van der Waals surface area contributed by atoms with E-state index in [1.54, 1.807) is 28.6 Å². The van der Waals surface area contributed by atoms with Crippen molar-refractivity contribution in [1.82, 2.24) is 9.88 Å². The van der Waals surface area contributed by atoms with Gasteiger partial charge >= 0.3 is 0 Å². The third kappa shape index (κ3) is 3.48. The summed E-state index contributed by atoms with van der Waals surface area (Å²) >= 11 is 1.78. The molecule has 0 aliphatic carbocycles. The second-order valence-electron chi connectivity index (χ2n) is 3.93. The van der Waals surface area contributed by atoms with Crippen molar-refractivity contribution in [3.05, 3.63) is 18.0 Å². The van der Waals surface area contributed by atoms with Crippen LogP contribution in [0.25, 0.3) is 0 Å². The van der Waals surface area contributed by atoms with Crippen LogP contribution in [0.3, 0.4) is 0 Å². The van der Waals surface area contributed by atoms with Crippen molar-refractivity contribution in [3.63, 3.8) is 0 Å². The van der Waals surface area contributed by atoms with E-state index >= 15 is 0 Å². The average Bonchev–Trinajstić information content (AvgIpc) is 2.54. The van der Waals surface area contributed by atoms with Gasteiger partial charge in [-0.1, -0.05) is 0 Å². The topological polar surface area (TPSA) is 60.1 Å². The Morgan fingerprint density at radius 2 is 2.38 bits per heavy atom. The Kier molecular flexibility index (Phi) is 4.73. The summed E-state index contributed by atoms with van der Waals surface area (Å²) in [5.74, 6) is 0.990. The highest BCUT2D eigenvalue weighted by Gasteiger charge is 2.13. The van der Waals surface area contributed by atoms with E-state index in [0.717, 1.165) is 12.2 Å². The predicted octanol–water partition coefficient (Wildman–Crippen LogP) is 1.48. The van der Waals surface area contributed by atoms with E-state index in [-0.39, 0.29) is 11.9 Å². The molecule has 0 aliphatic heterocycles. The molecular weight excluding hydrogens is 222 g/mol. The zero-order chi connectivity index (χ0) is 12.1. The molecule has 3 N–H and O–H groups in total. The molecule has 1 amide bonds. The number of hydrogen-bond acceptors (Lipinski definition) is 3. The lowest BCUT2D eigenvalue weighted by Gasteiger charge is -2.13. The molecule has 0 fully saturated rings. The van der Waals surface area contributed by atoms with Gasteiger partial charge in [0.1, 0.15) is 5.69 Å². The molecule has 90 valence electrons. The van der Waals surface area contributed by atoms with E-state index in [4.69, 9.17) is 5.73 Å². The Morgan fingerprint density at radius 3 is 2.88 bits per heavy atom. The molecule has 1 aromatic rings. The highest BCUT2D eigenvalue weighted by Crippen LogP contribution is 2.09. The molecule has 1 atom stereocenters. The first-order valence-electron chi connectivity index (χ1n) is 5.26. The van der Waals surface area contributed by atoms with Crippen LogP contribution in [-0.4, -0.2) is 28.5 Å². The number of carbonyl (C=O) groups excluding carboxylic acids is 1. The van der Waals surface area contributed by atoms with Gasteiger partial charge in [-0.15, -0.1) is 0 Å². The van der Waals surface area contributed by atoms with Gasteiger partial charge in [-0.25, -0.2) is 0 Å². The van der Waals surface area contributed by atoms with Crippen LogP contribution in [-0.2, 0) is 7.05 Å². The number of nitrogens with two attached hydrogens (primary N) is 1. The van der Waals surface area contributed by atoms with Crippen molar-refractivity contribution in [2.24, 2.45) is 7.05 Å². The first-order valence-corrected chi connectivity index (χ1v) is 6.65. The molecule has 0 saturated carbocycles. The van der Waals surface area contributed by atoms with Crippen LogP contribution in [0.5, 0.6) is 0 Å². The predicted molar refractivity (Wildman–Crippen MR) is 69.8 cm³/mol. The van der Waals surface area contributed by atoms with Crippen LogP contribution >= 0.6 is 11.8 Å². The van der Waals surface area contributed by atoms with Gasteiger partial charge in [0.2, 0.25) is 0 Å². The van der Waals surface area contributed by atoms with Gasteiger partial charge in [0.25, 0.3) is 5.91 Å². The first-order chi connectivity index (χ1) is 7.54. The second-order valence-corrected chi connectivity index (χ2v) is 4.91. The van der Waals surface area contributed by atoms with Gasteiger partial charge in [0.15, 0.2) is 0 Å². The summed E-state index contributed by atoms with van der Waals surface area (Å²) in [6.45, 7) is 2.01. The fourth-order valence-corrected chi connectivity index (χ4v) is 2.07. The lowest BCUT2D eigenvalue weighted by Crippen LogP contribution is -2.33. The van der Waals surface area contributed by atoms with E-state index in [1.807, 2.05) is 14.0 Å². The average molecular weight is 241 g/mol. The molecule has 1 unspecified atom stereocenters. The summed E-state index contributed by atoms with van der Waals surface area (Å²) < 4.78 is 1.74. The molecule has 4 nitrogen and oxygen atoms in total. The zero-order valence-electron chi connectivity index (χ0n) is 9.99. The minimum absolute atomic E-state index is 0.0622. The number of aryl methyl sites for hydroxylation is 1. The largest absolute Gasteiger partial charge is 0.397 e. The molecule has 1 heterocycles. The Bertz CT molecular complexity index is 362. The smallest absolute Gasteiger partial charge is 0.268 e. The minimum atomic E-state index is -0.0622. The van der Waals surface area contributed by atoms with Gasteiger partial charge in [-0.2, -0.15) is 11.8 Å². The number of amides is 1. The highest BCUT2D eigenvalue weighted by molar-refractivity contribution is 7.98. The number of carbonyl (C=O) groups is 1. The Labute approximate surface area is 101 Å². The zero-order valence-corrected chi connectivity index (χ0v) is 10.8. The lowest BCUT2D eigenvalue weighted by atomic mass is 10.2.